The molecular weight excluding hydrogens is 340 g/mol. The molecule has 3 heterocycles. The number of nitrogens with one attached hydrogen (secondary N) is 1. The van der Waals surface area contributed by atoms with E-state index in [1.54, 1.807) is 6.92 Å². The Balaban J connectivity index is 1.53. The van der Waals surface area contributed by atoms with E-state index in [2.05, 4.69) is 21.3 Å². The number of amides is 2. The third-order valence-corrected chi connectivity index (χ3v) is 5.76. The molecule has 2 amide bonds. The number of piperidine rings is 1. The van der Waals surface area contributed by atoms with Crippen molar-refractivity contribution in [2.45, 2.75) is 32.6 Å². The number of hydrogen-bond acceptors (Lipinski definition) is 4. The molecular formula is C21H26N4O2. The Morgan fingerprint density at radius 3 is 2.52 bits per heavy atom. The van der Waals surface area contributed by atoms with E-state index in [-0.39, 0.29) is 17.7 Å². The zero-order valence-electron chi connectivity index (χ0n) is 15.8. The van der Waals surface area contributed by atoms with E-state index >= 15 is 0 Å². The predicted molar refractivity (Wildman–Crippen MR) is 107 cm³/mol. The summed E-state index contributed by atoms with van der Waals surface area (Å²) in [5.41, 5.74) is 2.92. The molecule has 0 spiro atoms. The van der Waals surface area contributed by atoms with Crippen molar-refractivity contribution in [1.29, 1.82) is 0 Å². The van der Waals surface area contributed by atoms with Gasteiger partial charge < -0.3 is 15.1 Å². The van der Waals surface area contributed by atoms with Gasteiger partial charge in [-0.05, 0) is 49.9 Å². The van der Waals surface area contributed by atoms with E-state index in [1.807, 2.05) is 29.3 Å². The van der Waals surface area contributed by atoms with Gasteiger partial charge in [0.1, 0.15) is 0 Å². The Bertz CT molecular complexity index is 852. The van der Waals surface area contributed by atoms with Crippen LogP contribution >= 0.6 is 0 Å². The summed E-state index contributed by atoms with van der Waals surface area (Å²) in [6, 6.07) is 8.02. The van der Waals surface area contributed by atoms with Crippen LogP contribution in [0.5, 0.6) is 0 Å². The molecule has 0 atom stereocenters. The Morgan fingerprint density at radius 2 is 1.81 bits per heavy atom. The van der Waals surface area contributed by atoms with Gasteiger partial charge in [0.2, 0.25) is 11.8 Å². The molecule has 142 valence electrons. The first-order valence-electron chi connectivity index (χ1n) is 9.82. The Kier molecular flexibility index (Phi) is 4.97. The van der Waals surface area contributed by atoms with Crippen LogP contribution in [0.4, 0.5) is 11.4 Å². The number of aromatic nitrogens is 1. The van der Waals surface area contributed by atoms with E-state index < -0.39 is 0 Å². The monoisotopic (exact) mass is 366 g/mol. The summed E-state index contributed by atoms with van der Waals surface area (Å²) in [7, 11) is 0. The van der Waals surface area contributed by atoms with Crippen LogP contribution in [0.3, 0.4) is 0 Å². The van der Waals surface area contributed by atoms with Gasteiger partial charge >= 0.3 is 0 Å². The lowest BCUT2D eigenvalue weighted by molar-refractivity contribution is -0.132. The van der Waals surface area contributed by atoms with Gasteiger partial charge in [-0.25, -0.2) is 0 Å². The van der Waals surface area contributed by atoms with E-state index in [1.165, 1.54) is 12.8 Å². The van der Waals surface area contributed by atoms with Gasteiger partial charge in [-0.2, -0.15) is 0 Å². The number of nitrogens with zero attached hydrogens (tertiary/aromatic N) is 3. The normalized spacial score (nSPS) is 18.1. The van der Waals surface area contributed by atoms with Gasteiger partial charge in [0.25, 0.3) is 0 Å². The van der Waals surface area contributed by atoms with Crippen LogP contribution in [-0.2, 0) is 9.59 Å². The molecule has 2 aromatic rings. The molecule has 0 unspecified atom stereocenters. The fourth-order valence-corrected chi connectivity index (χ4v) is 4.17. The molecule has 2 aliphatic rings. The lowest BCUT2D eigenvalue weighted by Gasteiger charge is -2.30. The summed E-state index contributed by atoms with van der Waals surface area (Å²) < 4.78 is 0. The van der Waals surface area contributed by atoms with Crippen molar-refractivity contribution in [1.82, 2.24) is 9.88 Å². The van der Waals surface area contributed by atoms with E-state index in [4.69, 9.17) is 0 Å². The Hall–Kier alpha value is -2.63. The maximum atomic E-state index is 12.8. The third kappa shape index (κ3) is 3.61. The second kappa shape index (κ2) is 7.55. The smallest absolute Gasteiger partial charge is 0.227 e. The summed E-state index contributed by atoms with van der Waals surface area (Å²) in [5.74, 6) is 0.0753. The van der Waals surface area contributed by atoms with Crippen LogP contribution in [0, 0.1) is 5.92 Å². The standard InChI is InChI=1S/C21H26N4O2/c1-15(26)24-13-8-16(9-14-24)21(27)23-18-6-7-19(25-11-2-3-12-25)20-17(18)5-4-10-22-20/h4-7,10,16H,2-3,8-9,11-14H2,1H3,(H,23,27). The second-order valence-electron chi connectivity index (χ2n) is 7.50. The predicted octanol–water partition coefficient (Wildman–Crippen LogP) is 3.03. The first-order valence-corrected chi connectivity index (χ1v) is 9.82. The highest BCUT2D eigenvalue weighted by atomic mass is 16.2. The molecule has 4 rings (SSSR count). The highest BCUT2D eigenvalue weighted by Crippen LogP contribution is 2.33. The molecule has 1 aromatic carbocycles. The zero-order valence-corrected chi connectivity index (χ0v) is 15.8. The second-order valence-corrected chi connectivity index (χ2v) is 7.50. The summed E-state index contributed by atoms with van der Waals surface area (Å²) in [6.07, 6.45) is 5.67. The fourth-order valence-electron chi connectivity index (χ4n) is 4.17. The largest absolute Gasteiger partial charge is 0.370 e. The summed E-state index contributed by atoms with van der Waals surface area (Å²) >= 11 is 0. The molecule has 27 heavy (non-hydrogen) atoms. The topological polar surface area (TPSA) is 65.5 Å². The van der Waals surface area contributed by atoms with Crippen LogP contribution < -0.4 is 10.2 Å². The van der Waals surface area contributed by atoms with Crippen LogP contribution in [0.15, 0.2) is 30.5 Å². The van der Waals surface area contributed by atoms with Crippen molar-refractivity contribution in [3.05, 3.63) is 30.5 Å². The maximum Gasteiger partial charge on any atom is 0.227 e. The van der Waals surface area contributed by atoms with Crippen molar-refractivity contribution in [2.24, 2.45) is 5.92 Å². The molecule has 2 saturated heterocycles. The number of pyridine rings is 1. The highest BCUT2D eigenvalue weighted by Gasteiger charge is 2.26. The molecule has 0 bridgehead atoms. The van der Waals surface area contributed by atoms with Gasteiger partial charge in [0, 0.05) is 50.6 Å². The van der Waals surface area contributed by atoms with Crippen molar-refractivity contribution >= 4 is 34.1 Å². The zero-order chi connectivity index (χ0) is 18.8. The van der Waals surface area contributed by atoms with Gasteiger partial charge in [0.05, 0.1) is 16.9 Å². The Labute approximate surface area is 159 Å². The van der Waals surface area contributed by atoms with E-state index in [9.17, 15) is 9.59 Å². The SMILES string of the molecule is CC(=O)N1CCC(C(=O)Nc2ccc(N3CCCC3)c3ncccc23)CC1. The van der Waals surface area contributed by atoms with Crippen LogP contribution in [0.1, 0.15) is 32.6 Å². The maximum absolute atomic E-state index is 12.8. The number of carbonyl (C=O) groups is 2. The van der Waals surface area contributed by atoms with Crippen LogP contribution in [0.2, 0.25) is 0 Å². The van der Waals surface area contributed by atoms with Crippen molar-refractivity contribution in [2.75, 3.05) is 36.4 Å². The number of likely N-dealkylation sites (tertiary alicyclic amines) is 1. The minimum Gasteiger partial charge on any atom is -0.370 e. The molecule has 2 fully saturated rings. The summed E-state index contributed by atoms with van der Waals surface area (Å²) in [4.78, 5) is 33.0. The van der Waals surface area contributed by atoms with E-state index in [0.29, 0.717) is 25.9 Å². The number of fused-ring (bicyclic) bond motifs is 1. The van der Waals surface area contributed by atoms with Gasteiger partial charge in [0.15, 0.2) is 0 Å². The minimum absolute atomic E-state index is 0.0391. The average Bonchev–Trinajstić information content (AvgIpc) is 3.23. The van der Waals surface area contributed by atoms with Gasteiger partial charge in [-0.3, -0.25) is 14.6 Å². The molecule has 0 saturated carbocycles. The third-order valence-electron chi connectivity index (χ3n) is 5.76. The first kappa shape index (κ1) is 17.8. The number of rotatable bonds is 3. The lowest BCUT2D eigenvalue weighted by Crippen LogP contribution is -2.40. The molecule has 0 aliphatic carbocycles. The van der Waals surface area contributed by atoms with Crippen molar-refractivity contribution < 1.29 is 9.59 Å². The summed E-state index contributed by atoms with van der Waals surface area (Å²) in [5, 5.41) is 4.10. The number of anilines is 2. The average molecular weight is 366 g/mol. The first-order chi connectivity index (χ1) is 13.1. The molecule has 2 aliphatic heterocycles. The molecule has 6 heteroatoms. The fraction of sp³-hybridized carbons (Fsp3) is 0.476. The van der Waals surface area contributed by atoms with Crippen LogP contribution in [-0.4, -0.2) is 47.9 Å². The molecule has 1 aromatic heterocycles. The van der Waals surface area contributed by atoms with Gasteiger partial charge in [-0.1, -0.05) is 0 Å². The van der Waals surface area contributed by atoms with Crippen molar-refractivity contribution in [3.63, 3.8) is 0 Å². The van der Waals surface area contributed by atoms with Crippen molar-refractivity contribution in [3.8, 4) is 0 Å². The number of benzene rings is 1. The number of hydrogen-bond donors (Lipinski definition) is 1. The lowest BCUT2D eigenvalue weighted by atomic mass is 9.95. The highest BCUT2D eigenvalue weighted by molar-refractivity contribution is 6.05. The molecule has 0 radical (unpaired) electrons. The van der Waals surface area contributed by atoms with Crippen LogP contribution in [0.25, 0.3) is 10.9 Å². The minimum atomic E-state index is -0.0504. The molecule has 6 nitrogen and oxygen atoms in total. The number of carbonyl (C=O) groups excluding carboxylic acids is 2. The summed E-state index contributed by atoms with van der Waals surface area (Å²) in [6.45, 7) is 5.02. The quantitative estimate of drug-likeness (QED) is 0.907. The van der Waals surface area contributed by atoms with Gasteiger partial charge in [-0.15, -0.1) is 0 Å². The molecule has 1 N–H and O–H groups in total. The Morgan fingerprint density at radius 1 is 1.07 bits per heavy atom. The van der Waals surface area contributed by atoms with E-state index in [0.717, 1.165) is 35.4 Å².